The maximum Gasteiger partial charge on any atom is 0.250 e. The Morgan fingerprint density at radius 2 is 1.92 bits per heavy atom. The quantitative estimate of drug-likeness (QED) is 0.667. The van der Waals surface area contributed by atoms with Gasteiger partial charge in [-0.15, -0.1) is 0 Å². The lowest BCUT2D eigenvalue weighted by Gasteiger charge is -2.02. The molecule has 0 aliphatic heterocycles. The lowest BCUT2D eigenvalue weighted by atomic mass is 10.1. The number of aryl methyl sites for hydroxylation is 2. The summed E-state index contributed by atoms with van der Waals surface area (Å²) in [4.78, 5) is 0. The maximum atomic E-state index is 8.88. The van der Waals surface area contributed by atoms with Crippen LogP contribution in [0.15, 0.2) is 18.5 Å². The minimum absolute atomic E-state index is 0.0665. The Hall–Kier alpha value is -0.890. The van der Waals surface area contributed by atoms with E-state index in [1.165, 1.54) is 11.1 Å². The number of aliphatic hydroxyl groups is 1. The Balaban J connectivity index is 3.02. The Bertz CT molecular complexity index is 258. The predicted octanol–water partition coefficient (Wildman–Crippen LogP) is 1.05. The summed E-state index contributed by atoms with van der Waals surface area (Å²) < 4.78 is 1.79. The van der Waals surface area contributed by atoms with Crippen LogP contribution in [0.25, 0.3) is 0 Å². The Morgan fingerprint density at radius 1 is 1.25 bits per heavy atom. The number of hydrogen-bond donors (Lipinski definition) is 1. The molecular formula is C10H16NO+. The standard InChI is InChI=1S/C10H16NO/c1-3-9-5-6-11(8-12)7-10(9)4-2/h5-7,12H,3-4,8H2,1-2H3/q+1. The zero-order valence-corrected chi connectivity index (χ0v) is 7.75. The molecule has 66 valence electrons. The van der Waals surface area contributed by atoms with Crippen LogP contribution in [0, 0.1) is 0 Å². The van der Waals surface area contributed by atoms with Gasteiger partial charge in [0, 0.05) is 11.6 Å². The van der Waals surface area contributed by atoms with Gasteiger partial charge in [-0.3, -0.25) is 0 Å². The monoisotopic (exact) mass is 166 g/mol. The second-order valence-electron chi connectivity index (χ2n) is 2.86. The average molecular weight is 166 g/mol. The van der Waals surface area contributed by atoms with Crippen molar-refractivity contribution < 1.29 is 9.67 Å². The van der Waals surface area contributed by atoms with Crippen LogP contribution in [-0.4, -0.2) is 5.11 Å². The molecule has 0 saturated heterocycles. The molecule has 0 spiro atoms. The van der Waals surface area contributed by atoms with Crippen LogP contribution >= 0.6 is 0 Å². The number of hydrogen-bond acceptors (Lipinski definition) is 1. The number of nitrogens with zero attached hydrogens (tertiary/aromatic N) is 1. The van der Waals surface area contributed by atoms with E-state index in [1.807, 2.05) is 12.4 Å². The van der Waals surface area contributed by atoms with Gasteiger partial charge in [0.05, 0.1) is 0 Å². The van der Waals surface area contributed by atoms with Crippen molar-refractivity contribution in [1.29, 1.82) is 0 Å². The van der Waals surface area contributed by atoms with E-state index in [0.717, 1.165) is 12.8 Å². The smallest absolute Gasteiger partial charge is 0.250 e. The van der Waals surface area contributed by atoms with Gasteiger partial charge >= 0.3 is 0 Å². The summed E-state index contributed by atoms with van der Waals surface area (Å²) in [6, 6.07) is 2.08. The number of pyridine rings is 1. The topological polar surface area (TPSA) is 24.1 Å². The molecule has 0 aliphatic rings. The maximum absolute atomic E-state index is 8.88. The average Bonchev–Trinajstić information content (AvgIpc) is 2.16. The fourth-order valence-electron chi connectivity index (χ4n) is 1.37. The first-order valence-electron chi connectivity index (χ1n) is 4.43. The molecule has 1 heterocycles. The highest BCUT2D eigenvalue weighted by molar-refractivity contribution is 5.20. The van der Waals surface area contributed by atoms with Crippen molar-refractivity contribution in [1.82, 2.24) is 0 Å². The molecule has 0 fully saturated rings. The van der Waals surface area contributed by atoms with Crippen LogP contribution < -0.4 is 4.57 Å². The summed E-state index contributed by atoms with van der Waals surface area (Å²) in [5.74, 6) is 0. The van der Waals surface area contributed by atoms with Crippen LogP contribution in [0.5, 0.6) is 0 Å². The molecule has 0 aliphatic carbocycles. The normalized spacial score (nSPS) is 10.2. The van der Waals surface area contributed by atoms with Crippen molar-refractivity contribution in [2.75, 3.05) is 0 Å². The highest BCUT2D eigenvalue weighted by Crippen LogP contribution is 2.06. The number of aliphatic hydroxyl groups excluding tert-OH is 1. The van der Waals surface area contributed by atoms with Gasteiger partial charge in [-0.05, 0) is 18.4 Å². The zero-order valence-electron chi connectivity index (χ0n) is 7.75. The molecule has 1 N–H and O–H groups in total. The van der Waals surface area contributed by atoms with Crippen molar-refractivity contribution in [3.05, 3.63) is 29.6 Å². The second kappa shape index (κ2) is 4.21. The van der Waals surface area contributed by atoms with Gasteiger partial charge in [-0.25, -0.2) is 0 Å². The van der Waals surface area contributed by atoms with Gasteiger partial charge in [-0.1, -0.05) is 13.8 Å². The summed E-state index contributed by atoms with van der Waals surface area (Å²) in [6.07, 6.45) is 6.02. The van der Waals surface area contributed by atoms with Gasteiger partial charge in [0.25, 0.3) is 0 Å². The molecule has 1 aromatic heterocycles. The SMILES string of the molecule is CCc1cc[n+](CO)cc1CC. The molecule has 1 aromatic rings. The van der Waals surface area contributed by atoms with E-state index >= 15 is 0 Å². The van der Waals surface area contributed by atoms with E-state index < -0.39 is 0 Å². The van der Waals surface area contributed by atoms with Crippen molar-refractivity contribution >= 4 is 0 Å². The Kier molecular flexibility index (Phi) is 3.23. The summed E-state index contributed by atoms with van der Waals surface area (Å²) in [5, 5.41) is 8.88. The minimum atomic E-state index is 0.0665. The van der Waals surface area contributed by atoms with E-state index in [-0.39, 0.29) is 6.73 Å². The van der Waals surface area contributed by atoms with Crippen LogP contribution in [0.4, 0.5) is 0 Å². The first kappa shape index (κ1) is 9.20. The highest BCUT2D eigenvalue weighted by atomic mass is 16.3. The third-order valence-electron chi connectivity index (χ3n) is 2.13. The van der Waals surface area contributed by atoms with Gasteiger partial charge in [-0.2, -0.15) is 4.57 Å². The van der Waals surface area contributed by atoms with Crippen molar-refractivity contribution in [3.8, 4) is 0 Å². The first-order valence-corrected chi connectivity index (χ1v) is 4.43. The van der Waals surface area contributed by atoms with Crippen LogP contribution in [-0.2, 0) is 19.6 Å². The van der Waals surface area contributed by atoms with E-state index in [2.05, 4.69) is 19.9 Å². The van der Waals surface area contributed by atoms with Crippen LogP contribution in [0.2, 0.25) is 0 Å². The van der Waals surface area contributed by atoms with E-state index in [0.29, 0.717) is 0 Å². The van der Waals surface area contributed by atoms with Gasteiger partial charge in [0.15, 0.2) is 12.4 Å². The molecule has 12 heavy (non-hydrogen) atoms. The molecule has 0 amide bonds. The molecule has 1 rings (SSSR count). The van der Waals surface area contributed by atoms with E-state index in [1.54, 1.807) is 4.57 Å². The fraction of sp³-hybridized carbons (Fsp3) is 0.500. The molecular weight excluding hydrogens is 150 g/mol. The molecule has 0 saturated carbocycles. The highest BCUT2D eigenvalue weighted by Gasteiger charge is 2.04. The van der Waals surface area contributed by atoms with Gasteiger partial charge in [0.1, 0.15) is 0 Å². The lowest BCUT2D eigenvalue weighted by molar-refractivity contribution is -0.730. The third kappa shape index (κ3) is 1.83. The lowest BCUT2D eigenvalue weighted by Crippen LogP contribution is -2.33. The molecule has 2 heteroatoms. The van der Waals surface area contributed by atoms with Gasteiger partial charge in [0.2, 0.25) is 6.73 Å². The van der Waals surface area contributed by atoms with Crippen molar-refractivity contribution in [2.45, 2.75) is 33.4 Å². The predicted molar refractivity (Wildman–Crippen MR) is 47.6 cm³/mol. The second-order valence-corrected chi connectivity index (χ2v) is 2.86. The molecule has 0 unspecified atom stereocenters. The van der Waals surface area contributed by atoms with Gasteiger partial charge < -0.3 is 5.11 Å². The third-order valence-corrected chi connectivity index (χ3v) is 2.13. The van der Waals surface area contributed by atoms with Crippen molar-refractivity contribution in [2.24, 2.45) is 0 Å². The van der Waals surface area contributed by atoms with E-state index in [9.17, 15) is 0 Å². The first-order chi connectivity index (χ1) is 5.81. The number of rotatable bonds is 3. The van der Waals surface area contributed by atoms with Crippen molar-refractivity contribution in [3.63, 3.8) is 0 Å². The Morgan fingerprint density at radius 3 is 2.42 bits per heavy atom. The summed E-state index contributed by atoms with van der Waals surface area (Å²) in [5.41, 5.74) is 2.70. The summed E-state index contributed by atoms with van der Waals surface area (Å²) in [6.45, 7) is 4.35. The zero-order chi connectivity index (χ0) is 8.97. The molecule has 0 bridgehead atoms. The van der Waals surface area contributed by atoms with Crippen LogP contribution in [0.3, 0.4) is 0 Å². The molecule has 2 nitrogen and oxygen atoms in total. The van der Waals surface area contributed by atoms with E-state index in [4.69, 9.17) is 5.11 Å². The Labute approximate surface area is 73.5 Å². The van der Waals surface area contributed by atoms with Crippen LogP contribution in [0.1, 0.15) is 25.0 Å². The molecule has 0 atom stereocenters. The summed E-state index contributed by atoms with van der Waals surface area (Å²) in [7, 11) is 0. The number of aromatic nitrogens is 1. The molecule has 0 radical (unpaired) electrons. The summed E-state index contributed by atoms with van der Waals surface area (Å²) >= 11 is 0. The fourth-order valence-corrected chi connectivity index (χ4v) is 1.37. The minimum Gasteiger partial charge on any atom is -0.339 e. The largest absolute Gasteiger partial charge is 0.339 e. The molecule has 0 aromatic carbocycles.